The molecule has 1 fully saturated rings. The van der Waals surface area contributed by atoms with Gasteiger partial charge in [0, 0.05) is 45.3 Å². The van der Waals surface area contributed by atoms with Gasteiger partial charge in [-0.15, -0.1) is 0 Å². The fourth-order valence-corrected chi connectivity index (χ4v) is 3.74. The molecular weight excluding hydrogens is 378 g/mol. The molecule has 1 aliphatic rings. The molecule has 0 aliphatic carbocycles. The zero-order valence-electron chi connectivity index (χ0n) is 18.3. The van der Waals surface area contributed by atoms with Gasteiger partial charge in [-0.25, -0.2) is 4.99 Å². The maximum absolute atomic E-state index is 6.03. The summed E-state index contributed by atoms with van der Waals surface area (Å²) in [5.41, 5.74) is 0. The minimum atomic E-state index is 0.343. The van der Waals surface area contributed by atoms with Crippen LogP contribution in [0.2, 0.25) is 0 Å². The first kappa shape index (κ1) is 22.4. The molecular formula is C24H35N3O3. The van der Waals surface area contributed by atoms with E-state index in [1.165, 1.54) is 5.39 Å². The van der Waals surface area contributed by atoms with Crippen molar-refractivity contribution in [3.63, 3.8) is 0 Å². The normalized spacial score (nSPS) is 15.5. The standard InChI is InChI=1S/C24H35N3O3/c1-3-25-24(27-15-12-21(13-16-27)29-18-7-17-28-2)26-14-19-30-23-11-6-9-20-8-4-5-10-22(20)23/h4-6,8-11,21H,3,7,12-19H2,1-2H3,(H,25,26). The lowest BCUT2D eigenvalue weighted by molar-refractivity contribution is 0.00990. The number of nitrogens with zero attached hydrogens (tertiary/aromatic N) is 2. The van der Waals surface area contributed by atoms with E-state index >= 15 is 0 Å². The minimum absolute atomic E-state index is 0.343. The first-order chi connectivity index (χ1) is 14.8. The number of likely N-dealkylation sites (tertiary alicyclic amines) is 1. The number of aliphatic imine (C=N–C) groups is 1. The summed E-state index contributed by atoms with van der Waals surface area (Å²) in [5.74, 6) is 1.89. The second kappa shape index (κ2) is 12.4. The average molecular weight is 414 g/mol. The van der Waals surface area contributed by atoms with Crippen LogP contribution in [0.1, 0.15) is 26.2 Å². The number of nitrogens with one attached hydrogen (secondary N) is 1. The average Bonchev–Trinajstić information content (AvgIpc) is 2.79. The Hall–Kier alpha value is -2.31. The fourth-order valence-electron chi connectivity index (χ4n) is 3.74. The van der Waals surface area contributed by atoms with E-state index in [0.29, 0.717) is 19.3 Å². The summed E-state index contributed by atoms with van der Waals surface area (Å²) in [6, 6.07) is 14.5. The lowest BCUT2D eigenvalue weighted by Crippen LogP contribution is -2.47. The lowest BCUT2D eigenvalue weighted by atomic mass is 10.1. The molecule has 0 radical (unpaired) electrons. The van der Waals surface area contributed by atoms with Crippen LogP contribution >= 0.6 is 0 Å². The summed E-state index contributed by atoms with van der Waals surface area (Å²) in [6.07, 6.45) is 3.36. The molecule has 0 unspecified atom stereocenters. The van der Waals surface area contributed by atoms with Gasteiger partial charge in [0.1, 0.15) is 12.4 Å². The molecule has 6 nitrogen and oxygen atoms in total. The van der Waals surface area contributed by atoms with Crippen LogP contribution in [0.4, 0.5) is 0 Å². The summed E-state index contributed by atoms with van der Waals surface area (Å²) < 4.78 is 17.1. The summed E-state index contributed by atoms with van der Waals surface area (Å²) >= 11 is 0. The van der Waals surface area contributed by atoms with E-state index in [0.717, 1.165) is 69.2 Å². The third kappa shape index (κ3) is 6.61. The third-order valence-corrected chi connectivity index (χ3v) is 5.28. The van der Waals surface area contributed by atoms with E-state index in [9.17, 15) is 0 Å². The van der Waals surface area contributed by atoms with Crippen LogP contribution in [0.15, 0.2) is 47.5 Å². The van der Waals surface area contributed by atoms with Crippen LogP contribution in [0.25, 0.3) is 10.8 Å². The van der Waals surface area contributed by atoms with Crippen LogP contribution in [0.5, 0.6) is 5.75 Å². The van der Waals surface area contributed by atoms with Crippen molar-refractivity contribution in [2.75, 3.05) is 53.1 Å². The first-order valence-electron chi connectivity index (χ1n) is 11.1. The van der Waals surface area contributed by atoms with Crippen molar-refractivity contribution >= 4 is 16.7 Å². The van der Waals surface area contributed by atoms with Gasteiger partial charge in [0.2, 0.25) is 0 Å². The Kier molecular flexibility index (Phi) is 9.25. The molecule has 0 aromatic heterocycles. The zero-order valence-corrected chi connectivity index (χ0v) is 18.3. The summed E-state index contributed by atoms with van der Waals surface area (Å²) in [5, 5.41) is 5.75. The van der Waals surface area contributed by atoms with Crippen molar-refractivity contribution in [2.24, 2.45) is 4.99 Å². The maximum Gasteiger partial charge on any atom is 0.194 e. The molecule has 1 N–H and O–H groups in total. The second-order valence-corrected chi connectivity index (χ2v) is 7.46. The largest absolute Gasteiger partial charge is 0.491 e. The van der Waals surface area contributed by atoms with E-state index in [-0.39, 0.29) is 0 Å². The van der Waals surface area contributed by atoms with E-state index in [1.807, 2.05) is 24.3 Å². The van der Waals surface area contributed by atoms with Gasteiger partial charge in [-0.1, -0.05) is 36.4 Å². The number of hydrogen-bond acceptors (Lipinski definition) is 4. The molecule has 30 heavy (non-hydrogen) atoms. The Morgan fingerprint density at radius 2 is 1.87 bits per heavy atom. The minimum Gasteiger partial charge on any atom is -0.491 e. The van der Waals surface area contributed by atoms with Crippen LogP contribution in [-0.2, 0) is 9.47 Å². The highest BCUT2D eigenvalue weighted by Crippen LogP contribution is 2.25. The first-order valence-corrected chi connectivity index (χ1v) is 11.1. The number of benzene rings is 2. The zero-order chi connectivity index (χ0) is 21.0. The molecule has 0 spiro atoms. The second-order valence-electron chi connectivity index (χ2n) is 7.46. The topological polar surface area (TPSA) is 55.3 Å². The number of piperidine rings is 1. The van der Waals surface area contributed by atoms with Gasteiger partial charge in [0.15, 0.2) is 5.96 Å². The van der Waals surface area contributed by atoms with Crippen molar-refractivity contribution in [2.45, 2.75) is 32.3 Å². The fraction of sp³-hybridized carbons (Fsp3) is 0.542. The molecule has 2 aromatic rings. The van der Waals surface area contributed by atoms with Crippen molar-refractivity contribution < 1.29 is 14.2 Å². The SMILES string of the molecule is CCNC(=NCCOc1cccc2ccccc12)N1CCC(OCCCOC)CC1. The Morgan fingerprint density at radius 3 is 2.67 bits per heavy atom. The van der Waals surface area contributed by atoms with E-state index in [2.05, 4.69) is 35.3 Å². The van der Waals surface area contributed by atoms with Crippen LogP contribution in [0, 0.1) is 0 Å². The van der Waals surface area contributed by atoms with Gasteiger partial charge in [-0.05, 0) is 37.6 Å². The van der Waals surface area contributed by atoms with E-state index in [1.54, 1.807) is 7.11 Å². The molecule has 1 saturated heterocycles. The molecule has 6 heteroatoms. The molecule has 2 aromatic carbocycles. The molecule has 0 saturated carbocycles. The van der Waals surface area contributed by atoms with Gasteiger partial charge in [-0.2, -0.15) is 0 Å². The summed E-state index contributed by atoms with van der Waals surface area (Å²) in [6.45, 7) is 7.61. The van der Waals surface area contributed by atoms with Gasteiger partial charge in [-0.3, -0.25) is 0 Å². The third-order valence-electron chi connectivity index (χ3n) is 5.28. The highest BCUT2D eigenvalue weighted by atomic mass is 16.5. The van der Waals surface area contributed by atoms with E-state index < -0.39 is 0 Å². The van der Waals surface area contributed by atoms with Crippen molar-refractivity contribution in [3.05, 3.63) is 42.5 Å². The summed E-state index contributed by atoms with van der Waals surface area (Å²) in [4.78, 5) is 7.12. The molecule has 1 heterocycles. The van der Waals surface area contributed by atoms with Crippen molar-refractivity contribution in [1.82, 2.24) is 10.2 Å². The number of methoxy groups -OCH3 is 1. The highest BCUT2D eigenvalue weighted by Gasteiger charge is 2.21. The van der Waals surface area contributed by atoms with Crippen LogP contribution in [-0.4, -0.2) is 70.1 Å². The molecule has 0 atom stereocenters. The molecule has 0 bridgehead atoms. The monoisotopic (exact) mass is 413 g/mol. The summed E-state index contributed by atoms with van der Waals surface area (Å²) in [7, 11) is 1.73. The van der Waals surface area contributed by atoms with Crippen LogP contribution in [0.3, 0.4) is 0 Å². The number of fused-ring (bicyclic) bond motifs is 1. The molecule has 0 amide bonds. The predicted molar refractivity (Wildman–Crippen MR) is 122 cm³/mol. The van der Waals surface area contributed by atoms with E-state index in [4.69, 9.17) is 19.2 Å². The van der Waals surface area contributed by atoms with Gasteiger partial charge < -0.3 is 24.4 Å². The molecule has 1 aliphatic heterocycles. The Balaban J connectivity index is 1.46. The maximum atomic E-state index is 6.03. The number of rotatable bonds is 10. The molecule has 164 valence electrons. The van der Waals surface area contributed by atoms with Crippen LogP contribution < -0.4 is 10.1 Å². The highest BCUT2D eigenvalue weighted by molar-refractivity contribution is 5.88. The van der Waals surface area contributed by atoms with Crippen molar-refractivity contribution in [3.8, 4) is 5.75 Å². The predicted octanol–water partition coefficient (Wildman–Crippen LogP) is 3.70. The Labute approximate surface area is 180 Å². The van der Waals surface area contributed by atoms with Crippen molar-refractivity contribution in [1.29, 1.82) is 0 Å². The number of ether oxygens (including phenoxy) is 3. The van der Waals surface area contributed by atoms with Gasteiger partial charge in [0.25, 0.3) is 0 Å². The smallest absolute Gasteiger partial charge is 0.194 e. The lowest BCUT2D eigenvalue weighted by Gasteiger charge is -2.34. The number of guanidine groups is 1. The van der Waals surface area contributed by atoms with Gasteiger partial charge >= 0.3 is 0 Å². The Morgan fingerprint density at radius 1 is 1.07 bits per heavy atom. The molecule has 3 rings (SSSR count). The van der Waals surface area contributed by atoms with Gasteiger partial charge in [0.05, 0.1) is 12.6 Å². The Bertz CT molecular complexity index is 783. The number of hydrogen-bond donors (Lipinski definition) is 1. The quantitative estimate of drug-likeness (QED) is 0.366.